The molecule has 1 aliphatic rings. The summed E-state index contributed by atoms with van der Waals surface area (Å²) in [4.78, 5) is 11.8. The van der Waals surface area contributed by atoms with Crippen molar-refractivity contribution in [2.75, 3.05) is 11.9 Å². The highest BCUT2D eigenvalue weighted by Gasteiger charge is 2.25. The van der Waals surface area contributed by atoms with Crippen LogP contribution in [0.5, 0.6) is 0 Å². The Bertz CT molecular complexity index is 376. The molecule has 1 aromatic carbocycles. The van der Waals surface area contributed by atoms with Gasteiger partial charge in [0.05, 0.1) is 0 Å². The molecule has 1 aliphatic heterocycles. The van der Waals surface area contributed by atoms with Crippen molar-refractivity contribution in [1.29, 1.82) is 0 Å². The van der Waals surface area contributed by atoms with E-state index in [1.54, 1.807) is 6.08 Å². The fourth-order valence-corrected chi connectivity index (χ4v) is 1.88. The molecule has 16 heavy (non-hydrogen) atoms. The number of carbonyl (C=O) groups is 1. The van der Waals surface area contributed by atoms with Gasteiger partial charge in [0.25, 0.3) is 0 Å². The first-order valence-corrected chi connectivity index (χ1v) is 5.54. The third-order valence-corrected chi connectivity index (χ3v) is 2.74. The molecule has 0 radical (unpaired) electrons. The van der Waals surface area contributed by atoms with Crippen molar-refractivity contribution in [3.63, 3.8) is 0 Å². The largest absolute Gasteiger partial charge is 0.373 e. The topological polar surface area (TPSA) is 41.1 Å². The number of benzene rings is 1. The predicted octanol–water partition coefficient (Wildman–Crippen LogP) is 1.72. The minimum Gasteiger partial charge on any atom is -0.373 e. The number of hydrogen-bond donors (Lipinski definition) is 2. The fraction of sp³-hybridized carbons (Fsp3) is 0.308. The number of anilines is 1. The molecule has 1 aromatic rings. The second-order valence-corrected chi connectivity index (χ2v) is 3.93. The van der Waals surface area contributed by atoms with E-state index in [1.165, 1.54) is 5.56 Å². The van der Waals surface area contributed by atoms with Crippen LogP contribution in [0.2, 0.25) is 0 Å². The maximum atomic E-state index is 11.8. The number of rotatable bonds is 4. The van der Waals surface area contributed by atoms with Gasteiger partial charge in [0.15, 0.2) is 0 Å². The van der Waals surface area contributed by atoms with Gasteiger partial charge in [-0.05, 0) is 18.1 Å². The molecule has 3 heteroatoms. The average molecular weight is 216 g/mol. The molecule has 1 heterocycles. The van der Waals surface area contributed by atoms with Crippen LogP contribution in [0.4, 0.5) is 5.69 Å². The maximum absolute atomic E-state index is 11.8. The van der Waals surface area contributed by atoms with E-state index in [0.29, 0.717) is 6.54 Å². The van der Waals surface area contributed by atoms with Crippen LogP contribution in [-0.4, -0.2) is 18.5 Å². The van der Waals surface area contributed by atoms with Crippen molar-refractivity contribution >= 4 is 11.6 Å². The van der Waals surface area contributed by atoms with Crippen LogP contribution in [0, 0.1) is 0 Å². The van der Waals surface area contributed by atoms with Gasteiger partial charge in [0, 0.05) is 18.7 Å². The zero-order chi connectivity index (χ0) is 11.4. The van der Waals surface area contributed by atoms with E-state index in [0.717, 1.165) is 18.5 Å². The van der Waals surface area contributed by atoms with Gasteiger partial charge in [0.1, 0.15) is 6.04 Å². The van der Waals surface area contributed by atoms with Crippen molar-refractivity contribution in [3.05, 3.63) is 42.5 Å². The van der Waals surface area contributed by atoms with Crippen molar-refractivity contribution in [2.45, 2.75) is 18.9 Å². The van der Waals surface area contributed by atoms with Crippen LogP contribution in [0.1, 0.15) is 12.0 Å². The molecule has 0 bridgehead atoms. The Morgan fingerprint density at radius 2 is 2.38 bits per heavy atom. The Kier molecular flexibility index (Phi) is 3.25. The van der Waals surface area contributed by atoms with E-state index in [-0.39, 0.29) is 11.9 Å². The molecule has 0 fully saturated rings. The molecule has 0 aromatic heterocycles. The van der Waals surface area contributed by atoms with Crippen LogP contribution in [0.15, 0.2) is 36.9 Å². The molecule has 3 nitrogen and oxygen atoms in total. The fourth-order valence-electron chi connectivity index (χ4n) is 1.88. The number of para-hydroxylation sites is 1. The first kappa shape index (κ1) is 10.7. The number of fused-ring (bicyclic) bond motifs is 1. The van der Waals surface area contributed by atoms with Gasteiger partial charge in [-0.1, -0.05) is 24.3 Å². The lowest BCUT2D eigenvalue weighted by Gasteiger charge is -2.11. The summed E-state index contributed by atoms with van der Waals surface area (Å²) in [5, 5.41) is 6.11. The van der Waals surface area contributed by atoms with Gasteiger partial charge in [0.2, 0.25) is 5.91 Å². The van der Waals surface area contributed by atoms with Gasteiger partial charge >= 0.3 is 0 Å². The standard InChI is InChI=1S/C13H16N2O/c1-2-3-8-14-13(16)12-9-10-6-4-5-7-11(10)15-12/h2,4-7,12,15H,1,3,8-9H2,(H,14,16)/t12-/m0/s1. The van der Waals surface area contributed by atoms with Gasteiger partial charge < -0.3 is 10.6 Å². The minimum absolute atomic E-state index is 0.0676. The molecule has 0 unspecified atom stereocenters. The van der Waals surface area contributed by atoms with Crippen molar-refractivity contribution < 1.29 is 4.79 Å². The summed E-state index contributed by atoms with van der Waals surface area (Å²) in [6.45, 7) is 4.28. The molecule has 1 amide bonds. The number of hydrogen-bond acceptors (Lipinski definition) is 2. The number of carbonyl (C=O) groups excluding carboxylic acids is 1. The second-order valence-electron chi connectivity index (χ2n) is 3.93. The first-order chi connectivity index (χ1) is 7.81. The summed E-state index contributed by atoms with van der Waals surface area (Å²) in [7, 11) is 0. The summed E-state index contributed by atoms with van der Waals surface area (Å²) in [6, 6.07) is 7.91. The van der Waals surface area contributed by atoms with Crippen molar-refractivity contribution in [2.24, 2.45) is 0 Å². The molecule has 1 atom stereocenters. The smallest absolute Gasteiger partial charge is 0.242 e. The molecule has 2 N–H and O–H groups in total. The highest BCUT2D eigenvalue weighted by atomic mass is 16.2. The van der Waals surface area contributed by atoms with Crippen LogP contribution >= 0.6 is 0 Å². The normalized spacial score (nSPS) is 17.4. The van der Waals surface area contributed by atoms with E-state index in [4.69, 9.17) is 0 Å². The third kappa shape index (κ3) is 2.24. The Morgan fingerprint density at radius 3 is 3.12 bits per heavy atom. The van der Waals surface area contributed by atoms with Crippen molar-refractivity contribution in [3.8, 4) is 0 Å². The Hall–Kier alpha value is -1.77. The zero-order valence-electron chi connectivity index (χ0n) is 9.20. The predicted molar refractivity (Wildman–Crippen MR) is 65.4 cm³/mol. The van der Waals surface area contributed by atoms with E-state index in [2.05, 4.69) is 23.3 Å². The highest BCUT2D eigenvalue weighted by molar-refractivity contribution is 5.87. The molecule has 2 rings (SSSR count). The summed E-state index contributed by atoms with van der Waals surface area (Å²) in [5.41, 5.74) is 2.29. The number of amides is 1. The quantitative estimate of drug-likeness (QED) is 0.594. The Balaban J connectivity index is 1.90. The molecular weight excluding hydrogens is 200 g/mol. The molecule has 0 spiro atoms. The van der Waals surface area contributed by atoms with Crippen LogP contribution in [0.25, 0.3) is 0 Å². The lowest BCUT2D eigenvalue weighted by molar-refractivity contribution is -0.121. The van der Waals surface area contributed by atoms with E-state index in [9.17, 15) is 4.79 Å². The van der Waals surface area contributed by atoms with Crippen LogP contribution in [0.3, 0.4) is 0 Å². The van der Waals surface area contributed by atoms with E-state index >= 15 is 0 Å². The zero-order valence-corrected chi connectivity index (χ0v) is 9.20. The highest BCUT2D eigenvalue weighted by Crippen LogP contribution is 2.24. The Morgan fingerprint density at radius 1 is 1.56 bits per heavy atom. The molecule has 0 aliphatic carbocycles. The summed E-state index contributed by atoms with van der Waals surface area (Å²) in [6.07, 6.45) is 3.39. The molecule has 84 valence electrons. The maximum Gasteiger partial charge on any atom is 0.242 e. The van der Waals surface area contributed by atoms with Crippen LogP contribution in [-0.2, 0) is 11.2 Å². The molecule has 0 saturated heterocycles. The number of nitrogens with one attached hydrogen (secondary N) is 2. The summed E-state index contributed by atoms with van der Waals surface area (Å²) in [5.74, 6) is 0.0676. The molecule has 0 saturated carbocycles. The lowest BCUT2D eigenvalue weighted by Crippen LogP contribution is -2.38. The minimum atomic E-state index is -0.123. The average Bonchev–Trinajstić information content (AvgIpc) is 2.73. The summed E-state index contributed by atoms with van der Waals surface area (Å²) < 4.78 is 0. The first-order valence-electron chi connectivity index (χ1n) is 5.54. The van der Waals surface area contributed by atoms with Gasteiger partial charge in [-0.25, -0.2) is 0 Å². The molecular formula is C13H16N2O. The monoisotopic (exact) mass is 216 g/mol. The van der Waals surface area contributed by atoms with Gasteiger partial charge in [-0.15, -0.1) is 6.58 Å². The SMILES string of the molecule is C=CCCNC(=O)[C@@H]1Cc2ccccc2N1. The van der Waals surface area contributed by atoms with Gasteiger partial charge in [-0.2, -0.15) is 0 Å². The Labute approximate surface area is 95.6 Å². The van der Waals surface area contributed by atoms with E-state index in [1.807, 2.05) is 18.2 Å². The van der Waals surface area contributed by atoms with E-state index < -0.39 is 0 Å². The second kappa shape index (κ2) is 4.84. The van der Waals surface area contributed by atoms with Gasteiger partial charge in [-0.3, -0.25) is 4.79 Å². The summed E-state index contributed by atoms with van der Waals surface area (Å²) >= 11 is 0. The van der Waals surface area contributed by atoms with Crippen molar-refractivity contribution in [1.82, 2.24) is 5.32 Å². The third-order valence-electron chi connectivity index (χ3n) is 2.74. The van der Waals surface area contributed by atoms with Crippen LogP contribution < -0.4 is 10.6 Å². The lowest BCUT2D eigenvalue weighted by atomic mass is 10.1.